The third-order valence-electron chi connectivity index (χ3n) is 2.10. The third kappa shape index (κ3) is 4.88. The lowest BCUT2D eigenvalue weighted by atomic mass is 10.2. The van der Waals surface area contributed by atoms with Gasteiger partial charge in [-0.15, -0.1) is 0 Å². The Labute approximate surface area is 111 Å². The highest BCUT2D eigenvalue weighted by molar-refractivity contribution is 7.99. The highest BCUT2D eigenvalue weighted by Gasteiger charge is 2.08. The molecule has 94 valence electrons. The Morgan fingerprint density at radius 3 is 2.94 bits per heavy atom. The molecule has 0 amide bonds. The zero-order valence-corrected chi connectivity index (χ0v) is 11.3. The number of carbonyl (C=O) groups excluding carboxylic acids is 1. The first-order chi connectivity index (χ1) is 8.15. The van der Waals surface area contributed by atoms with Gasteiger partial charge in [-0.1, -0.05) is 18.5 Å². The molecular formula is C12H16ClNO2S. The Bertz CT molecular complexity index is 385. The van der Waals surface area contributed by atoms with E-state index >= 15 is 0 Å². The maximum absolute atomic E-state index is 11.6. The number of benzene rings is 1. The number of hydrogen-bond acceptors (Lipinski definition) is 4. The molecule has 0 saturated heterocycles. The van der Waals surface area contributed by atoms with Crippen LogP contribution in [-0.2, 0) is 4.74 Å². The Morgan fingerprint density at radius 2 is 2.29 bits per heavy atom. The zero-order chi connectivity index (χ0) is 12.7. The molecule has 17 heavy (non-hydrogen) atoms. The minimum absolute atomic E-state index is 0.352. The SMILES string of the molecule is CCSCCCOC(=O)c1ccc(Cl)c(N)c1. The second-order valence-electron chi connectivity index (χ2n) is 3.42. The fourth-order valence-electron chi connectivity index (χ4n) is 1.22. The van der Waals surface area contributed by atoms with Gasteiger partial charge in [0, 0.05) is 0 Å². The molecule has 1 aromatic carbocycles. The number of thioether (sulfide) groups is 1. The summed E-state index contributed by atoms with van der Waals surface area (Å²) in [5.41, 5.74) is 6.44. The molecule has 0 spiro atoms. The lowest BCUT2D eigenvalue weighted by molar-refractivity contribution is 0.0506. The van der Waals surface area contributed by atoms with Crippen LogP contribution in [0.1, 0.15) is 23.7 Å². The summed E-state index contributed by atoms with van der Waals surface area (Å²) in [6.07, 6.45) is 0.868. The van der Waals surface area contributed by atoms with Crippen LogP contribution in [0.3, 0.4) is 0 Å². The summed E-state index contributed by atoms with van der Waals surface area (Å²) in [7, 11) is 0. The van der Waals surface area contributed by atoms with Gasteiger partial charge >= 0.3 is 5.97 Å². The fraction of sp³-hybridized carbons (Fsp3) is 0.417. The second-order valence-corrected chi connectivity index (χ2v) is 5.22. The van der Waals surface area contributed by atoms with Crippen LogP contribution >= 0.6 is 23.4 Å². The maximum Gasteiger partial charge on any atom is 0.338 e. The molecule has 0 fully saturated rings. The average molecular weight is 274 g/mol. The lowest BCUT2D eigenvalue weighted by Crippen LogP contribution is -2.07. The molecule has 0 atom stereocenters. The number of anilines is 1. The van der Waals surface area contributed by atoms with Crippen molar-refractivity contribution in [3.05, 3.63) is 28.8 Å². The molecule has 5 heteroatoms. The Hall–Kier alpha value is -0.870. The number of ether oxygens (including phenoxy) is 1. The first kappa shape index (κ1) is 14.2. The second kappa shape index (κ2) is 7.45. The van der Waals surface area contributed by atoms with E-state index in [9.17, 15) is 4.79 Å². The van der Waals surface area contributed by atoms with Crippen LogP contribution in [0.4, 0.5) is 5.69 Å². The summed E-state index contributed by atoms with van der Waals surface area (Å²) < 4.78 is 5.12. The molecule has 0 aliphatic carbocycles. The molecule has 1 rings (SSSR count). The molecule has 0 radical (unpaired) electrons. The highest BCUT2D eigenvalue weighted by Crippen LogP contribution is 2.19. The van der Waals surface area contributed by atoms with Crippen molar-refractivity contribution in [2.45, 2.75) is 13.3 Å². The van der Waals surface area contributed by atoms with Gasteiger partial charge in [0.2, 0.25) is 0 Å². The molecule has 0 saturated carbocycles. The van der Waals surface area contributed by atoms with E-state index in [-0.39, 0.29) is 5.97 Å². The molecule has 3 nitrogen and oxygen atoms in total. The summed E-state index contributed by atoms with van der Waals surface area (Å²) in [6.45, 7) is 2.54. The zero-order valence-electron chi connectivity index (χ0n) is 9.74. The molecule has 0 bridgehead atoms. The van der Waals surface area contributed by atoms with E-state index in [1.54, 1.807) is 12.1 Å². The summed E-state index contributed by atoms with van der Waals surface area (Å²) in [4.78, 5) is 11.6. The average Bonchev–Trinajstić information content (AvgIpc) is 2.32. The van der Waals surface area contributed by atoms with Gasteiger partial charge in [0.15, 0.2) is 0 Å². The monoisotopic (exact) mass is 273 g/mol. The van der Waals surface area contributed by atoms with E-state index in [1.807, 2.05) is 11.8 Å². The number of nitrogens with two attached hydrogens (primary N) is 1. The largest absolute Gasteiger partial charge is 0.462 e. The van der Waals surface area contributed by atoms with Gasteiger partial charge in [-0.05, 0) is 36.1 Å². The summed E-state index contributed by atoms with van der Waals surface area (Å²) >= 11 is 7.60. The van der Waals surface area contributed by atoms with Gasteiger partial charge in [0.1, 0.15) is 0 Å². The van der Waals surface area contributed by atoms with Crippen molar-refractivity contribution in [2.24, 2.45) is 0 Å². The van der Waals surface area contributed by atoms with E-state index in [0.29, 0.717) is 22.9 Å². The highest BCUT2D eigenvalue weighted by atomic mass is 35.5. The molecule has 0 aliphatic heterocycles. The summed E-state index contributed by atoms with van der Waals surface area (Å²) in [6, 6.07) is 4.74. The predicted octanol–water partition coefficient (Wildman–Crippen LogP) is 3.22. The van der Waals surface area contributed by atoms with Crippen LogP contribution in [0.15, 0.2) is 18.2 Å². The van der Waals surface area contributed by atoms with E-state index in [4.69, 9.17) is 22.1 Å². The van der Waals surface area contributed by atoms with Crippen molar-refractivity contribution in [1.29, 1.82) is 0 Å². The van der Waals surface area contributed by atoms with Crippen LogP contribution in [-0.4, -0.2) is 24.1 Å². The molecule has 2 N–H and O–H groups in total. The van der Waals surface area contributed by atoms with Crippen LogP contribution in [0.5, 0.6) is 0 Å². The first-order valence-corrected chi connectivity index (χ1v) is 6.98. The minimum atomic E-state index is -0.352. The van der Waals surface area contributed by atoms with Gasteiger partial charge in [0.25, 0.3) is 0 Å². The third-order valence-corrected chi connectivity index (χ3v) is 3.43. The van der Waals surface area contributed by atoms with E-state index in [0.717, 1.165) is 17.9 Å². The number of halogens is 1. The van der Waals surface area contributed by atoms with Crippen molar-refractivity contribution in [1.82, 2.24) is 0 Å². The van der Waals surface area contributed by atoms with Gasteiger partial charge in [-0.3, -0.25) is 0 Å². The molecule has 0 heterocycles. The predicted molar refractivity (Wildman–Crippen MR) is 73.8 cm³/mol. The molecule has 1 aromatic rings. The van der Waals surface area contributed by atoms with Crippen LogP contribution in [0.2, 0.25) is 5.02 Å². The van der Waals surface area contributed by atoms with Gasteiger partial charge < -0.3 is 10.5 Å². The number of hydrogen-bond donors (Lipinski definition) is 1. The quantitative estimate of drug-likeness (QED) is 0.491. The smallest absolute Gasteiger partial charge is 0.338 e. The number of esters is 1. The standard InChI is InChI=1S/C12H16ClNO2S/c1-2-17-7-3-6-16-12(15)9-4-5-10(13)11(14)8-9/h4-5,8H,2-3,6-7,14H2,1H3. The number of rotatable bonds is 6. The van der Waals surface area contributed by atoms with Crippen molar-refractivity contribution in [2.75, 3.05) is 23.8 Å². The van der Waals surface area contributed by atoms with Crippen LogP contribution in [0.25, 0.3) is 0 Å². The minimum Gasteiger partial charge on any atom is -0.462 e. The summed E-state index contributed by atoms with van der Waals surface area (Å²) in [5, 5.41) is 0.445. The van der Waals surface area contributed by atoms with Crippen molar-refractivity contribution < 1.29 is 9.53 Å². The van der Waals surface area contributed by atoms with E-state index in [2.05, 4.69) is 6.92 Å². The van der Waals surface area contributed by atoms with Gasteiger partial charge in [-0.25, -0.2) is 4.79 Å². The van der Waals surface area contributed by atoms with Crippen LogP contribution in [0, 0.1) is 0 Å². The Balaban J connectivity index is 2.39. The van der Waals surface area contributed by atoms with Crippen LogP contribution < -0.4 is 5.73 Å². The summed E-state index contributed by atoms with van der Waals surface area (Å²) in [5.74, 6) is 1.74. The first-order valence-electron chi connectivity index (χ1n) is 5.45. The number of carbonyl (C=O) groups is 1. The fourth-order valence-corrected chi connectivity index (χ4v) is 1.95. The molecule has 0 unspecified atom stereocenters. The topological polar surface area (TPSA) is 52.3 Å². The molecular weight excluding hydrogens is 258 g/mol. The van der Waals surface area contributed by atoms with Crippen molar-refractivity contribution >= 4 is 35.0 Å². The maximum atomic E-state index is 11.6. The Morgan fingerprint density at radius 1 is 1.53 bits per heavy atom. The lowest BCUT2D eigenvalue weighted by Gasteiger charge is -2.05. The molecule has 0 aromatic heterocycles. The van der Waals surface area contributed by atoms with Crippen molar-refractivity contribution in [3.8, 4) is 0 Å². The molecule has 0 aliphatic rings. The van der Waals surface area contributed by atoms with E-state index in [1.165, 1.54) is 6.07 Å². The number of nitrogen functional groups attached to an aromatic ring is 1. The van der Waals surface area contributed by atoms with Crippen molar-refractivity contribution in [3.63, 3.8) is 0 Å². The normalized spacial score (nSPS) is 10.2. The Kier molecular flexibility index (Phi) is 6.22. The van der Waals surface area contributed by atoms with Gasteiger partial charge in [-0.2, -0.15) is 11.8 Å². The van der Waals surface area contributed by atoms with Gasteiger partial charge in [0.05, 0.1) is 22.9 Å². The van der Waals surface area contributed by atoms with E-state index < -0.39 is 0 Å².